The van der Waals surface area contributed by atoms with E-state index >= 15 is 0 Å². The molecule has 10 heteroatoms. The fraction of sp³-hybridized carbons (Fsp3) is 0.643. The molecular formula is C14H23N5O4S. The van der Waals surface area contributed by atoms with Crippen LogP contribution in [0.15, 0.2) is 11.2 Å². The summed E-state index contributed by atoms with van der Waals surface area (Å²) >= 11 is 0.768. The Balaban J connectivity index is 3.10. The molecule has 0 unspecified atom stereocenters. The zero-order valence-electron chi connectivity index (χ0n) is 14.2. The molecule has 0 fully saturated rings. The Kier molecular flexibility index (Phi) is 8.10. The molecule has 0 atom stereocenters. The van der Waals surface area contributed by atoms with Crippen LogP contribution in [0.4, 0.5) is 9.80 Å². The van der Waals surface area contributed by atoms with Gasteiger partial charge in [0.15, 0.2) is 0 Å². The molecule has 0 saturated carbocycles. The first-order valence-electron chi connectivity index (χ1n) is 7.87. The SMILES string of the molecule is CCCN(CCC)C(=O)Cn1cc([N+](=O)[O-])sc1=NC(=O)NCC. The zero-order valence-corrected chi connectivity index (χ0v) is 15.0. The van der Waals surface area contributed by atoms with E-state index in [0.717, 1.165) is 24.2 Å². The molecule has 3 amide bonds. The second-order valence-corrected chi connectivity index (χ2v) is 6.05. The number of amides is 3. The maximum atomic E-state index is 12.4. The molecule has 0 aliphatic heterocycles. The van der Waals surface area contributed by atoms with E-state index in [-0.39, 0.29) is 22.3 Å². The minimum absolute atomic E-state index is 0.0808. The average molecular weight is 357 g/mol. The van der Waals surface area contributed by atoms with E-state index < -0.39 is 11.0 Å². The fourth-order valence-electron chi connectivity index (χ4n) is 2.08. The molecule has 0 aliphatic carbocycles. The summed E-state index contributed by atoms with van der Waals surface area (Å²) in [4.78, 5) is 40.1. The lowest BCUT2D eigenvalue weighted by Crippen LogP contribution is -2.37. The van der Waals surface area contributed by atoms with Crippen molar-refractivity contribution >= 4 is 28.3 Å². The number of carbonyl (C=O) groups is 2. The molecule has 0 aromatic carbocycles. The number of urea groups is 1. The molecule has 1 aromatic rings. The van der Waals surface area contributed by atoms with Crippen molar-refractivity contribution in [2.45, 2.75) is 40.2 Å². The van der Waals surface area contributed by atoms with Crippen LogP contribution in [0.5, 0.6) is 0 Å². The van der Waals surface area contributed by atoms with Crippen LogP contribution in [-0.2, 0) is 11.3 Å². The Bertz CT molecular complexity index is 646. The van der Waals surface area contributed by atoms with Gasteiger partial charge < -0.3 is 14.8 Å². The van der Waals surface area contributed by atoms with Crippen LogP contribution in [0.3, 0.4) is 0 Å². The van der Waals surface area contributed by atoms with Gasteiger partial charge in [-0.25, -0.2) is 4.79 Å². The van der Waals surface area contributed by atoms with Crippen LogP contribution in [-0.4, -0.2) is 46.0 Å². The predicted octanol–water partition coefficient (Wildman–Crippen LogP) is 1.74. The number of hydrogen-bond acceptors (Lipinski definition) is 5. The predicted molar refractivity (Wildman–Crippen MR) is 90.8 cm³/mol. The van der Waals surface area contributed by atoms with E-state index in [1.807, 2.05) is 13.8 Å². The van der Waals surface area contributed by atoms with Crippen molar-refractivity contribution in [3.63, 3.8) is 0 Å². The number of nitro groups is 1. The van der Waals surface area contributed by atoms with Crippen LogP contribution < -0.4 is 10.1 Å². The number of rotatable bonds is 8. The topological polar surface area (TPSA) is 110 Å². The van der Waals surface area contributed by atoms with Gasteiger partial charge in [-0.15, -0.1) is 0 Å². The summed E-state index contributed by atoms with van der Waals surface area (Å²) in [6.45, 7) is 7.28. The number of carbonyl (C=O) groups excluding carboxylic acids is 2. The van der Waals surface area contributed by atoms with E-state index in [4.69, 9.17) is 0 Å². The van der Waals surface area contributed by atoms with Crippen LogP contribution >= 0.6 is 11.3 Å². The highest BCUT2D eigenvalue weighted by molar-refractivity contribution is 7.12. The average Bonchev–Trinajstić information content (AvgIpc) is 2.90. The molecule has 0 bridgehead atoms. The minimum atomic E-state index is -0.589. The quantitative estimate of drug-likeness (QED) is 0.564. The van der Waals surface area contributed by atoms with Crippen LogP contribution in [0, 0.1) is 10.1 Å². The molecule has 9 nitrogen and oxygen atoms in total. The van der Waals surface area contributed by atoms with Gasteiger partial charge in [0.1, 0.15) is 6.54 Å². The van der Waals surface area contributed by atoms with Gasteiger partial charge in [-0.05, 0) is 31.1 Å². The van der Waals surface area contributed by atoms with Crippen molar-refractivity contribution < 1.29 is 14.5 Å². The van der Waals surface area contributed by atoms with Crippen molar-refractivity contribution in [1.82, 2.24) is 14.8 Å². The fourth-order valence-corrected chi connectivity index (χ4v) is 2.88. The van der Waals surface area contributed by atoms with Crippen molar-refractivity contribution in [3.05, 3.63) is 21.1 Å². The van der Waals surface area contributed by atoms with Crippen molar-refractivity contribution in [2.75, 3.05) is 19.6 Å². The molecule has 0 saturated heterocycles. The lowest BCUT2D eigenvalue weighted by molar-refractivity contribution is -0.380. The van der Waals surface area contributed by atoms with Gasteiger partial charge in [0.2, 0.25) is 10.7 Å². The Morgan fingerprint density at radius 2 is 1.96 bits per heavy atom. The highest BCUT2D eigenvalue weighted by Gasteiger charge is 2.18. The highest BCUT2D eigenvalue weighted by Crippen LogP contribution is 2.14. The van der Waals surface area contributed by atoms with Gasteiger partial charge in [-0.1, -0.05) is 13.8 Å². The maximum Gasteiger partial charge on any atom is 0.343 e. The molecular weight excluding hydrogens is 334 g/mol. The van der Waals surface area contributed by atoms with Crippen LogP contribution in [0.25, 0.3) is 0 Å². The summed E-state index contributed by atoms with van der Waals surface area (Å²) in [5.74, 6) is -0.149. The van der Waals surface area contributed by atoms with Crippen LogP contribution in [0.1, 0.15) is 33.6 Å². The van der Waals surface area contributed by atoms with Gasteiger partial charge in [0, 0.05) is 19.6 Å². The minimum Gasteiger partial charge on any atom is -0.341 e. The second kappa shape index (κ2) is 9.81. The van der Waals surface area contributed by atoms with Gasteiger partial charge in [0.05, 0.1) is 11.1 Å². The van der Waals surface area contributed by atoms with Gasteiger partial charge in [-0.2, -0.15) is 4.99 Å². The third-order valence-corrected chi connectivity index (χ3v) is 4.03. The molecule has 1 heterocycles. The van der Waals surface area contributed by atoms with Crippen molar-refractivity contribution in [1.29, 1.82) is 0 Å². The number of thiazole rings is 1. The van der Waals surface area contributed by atoms with Gasteiger partial charge >= 0.3 is 11.0 Å². The first kappa shape index (κ1) is 19.8. The molecule has 0 spiro atoms. The van der Waals surface area contributed by atoms with Crippen molar-refractivity contribution in [2.24, 2.45) is 4.99 Å². The summed E-state index contributed by atoms with van der Waals surface area (Å²) in [6.07, 6.45) is 2.91. The highest BCUT2D eigenvalue weighted by atomic mass is 32.1. The molecule has 0 radical (unpaired) electrons. The van der Waals surface area contributed by atoms with E-state index in [2.05, 4.69) is 10.3 Å². The molecule has 1 aromatic heterocycles. The Labute approximate surface area is 144 Å². The number of nitrogens with zero attached hydrogens (tertiary/aromatic N) is 4. The lowest BCUT2D eigenvalue weighted by atomic mass is 10.3. The summed E-state index contributed by atoms with van der Waals surface area (Å²) in [5.41, 5.74) is 0. The zero-order chi connectivity index (χ0) is 18.1. The Morgan fingerprint density at radius 3 is 2.46 bits per heavy atom. The molecule has 24 heavy (non-hydrogen) atoms. The van der Waals surface area contributed by atoms with Crippen molar-refractivity contribution in [3.8, 4) is 0 Å². The molecule has 134 valence electrons. The van der Waals surface area contributed by atoms with Gasteiger partial charge in [0.25, 0.3) is 0 Å². The van der Waals surface area contributed by atoms with E-state index in [1.54, 1.807) is 11.8 Å². The second-order valence-electron chi connectivity index (χ2n) is 5.07. The summed E-state index contributed by atoms with van der Waals surface area (Å²) in [6, 6.07) is -0.589. The Morgan fingerprint density at radius 1 is 1.33 bits per heavy atom. The van der Waals surface area contributed by atoms with Gasteiger partial charge in [-0.3, -0.25) is 14.9 Å². The molecule has 1 N–H and O–H groups in total. The number of nitrogens with one attached hydrogen (secondary N) is 1. The first-order valence-corrected chi connectivity index (χ1v) is 8.69. The summed E-state index contributed by atoms with van der Waals surface area (Å²) < 4.78 is 1.36. The van der Waals surface area contributed by atoms with E-state index in [9.17, 15) is 19.7 Å². The monoisotopic (exact) mass is 357 g/mol. The van der Waals surface area contributed by atoms with Crippen LogP contribution in [0.2, 0.25) is 0 Å². The largest absolute Gasteiger partial charge is 0.343 e. The normalized spacial score (nSPS) is 11.4. The van der Waals surface area contributed by atoms with E-state index in [1.165, 1.54) is 10.8 Å². The summed E-state index contributed by atoms with van der Waals surface area (Å²) in [5, 5.41) is 13.3. The summed E-state index contributed by atoms with van der Waals surface area (Å²) in [7, 11) is 0. The molecule has 0 aliphatic rings. The lowest BCUT2D eigenvalue weighted by Gasteiger charge is -2.21. The smallest absolute Gasteiger partial charge is 0.341 e. The first-order chi connectivity index (χ1) is 11.4. The molecule has 1 rings (SSSR count). The third kappa shape index (κ3) is 5.76. The Hall–Kier alpha value is -2.23. The number of aromatic nitrogens is 1. The third-order valence-electron chi connectivity index (χ3n) is 3.06. The number of hydrogen-bond donors (Lipinski definition) is 1. The standard InChI is InChI=1S/C14H23N5O4S/c1-4-7-17(8-5-2)11(20)9-18-10-12(19(22)23)24-14(18)16-13(21)15-6-3/h10H,4-9H2,1-3H3,(H,15,21). The van der Waals surface area contributed by atoms with E-state index in [0.29, 0.717) is 19.6 Å². The maximum absolute atomic E-state index is 12.4.